The van der Waals surface area contributed by atoms with Gasteiger partial charge in [0.25, 0.3) is 0 Å². The number of pyridine rings is 1. The fraction of sp³-hybridized carbons (Fsp3) is 0.250. The molecule has 1 N–H and O–H groups in total. The Morgan fingerprint density at radius 3 is 2.76 bits per heavy atom. The van der Waals surface area contributed by atoms with E-state index in [1.54, 1.807) is 12.4 Å². The summed E-state index contributed by atoms with van der Waals surface area (Å²) in [6.07, 6.45) is 5.00. The van der Waals surface area contributed by atoms with Crippen molar-refractivity contribution in [3.63, 3.8) is 0 Å². The Labute approximate surface area is 99.0 Å². The van der Waals surface area contributed by atoms with Crippen LogP contribution < -0.4 is 5.32 Å². The van der Waals surface area contributed by atoms with Gasteiger partial charge in [-0.3, -0.25) is 4.98 Å². The number of aromatic nitrogens is 3. The molecule has 2 aromatic heterocycles. The van der Waals surface area contributed by atoms with Gasteiger partial charge in [-0.15, -0.1) is 0 Å². The number of nitrogens with one attached hydrogen (secondary N) is 1. The molecule has 0 aromatic carbocycles. The van der Waals surface area contributed by atoms with Crippen molar-refractivity contribution in [3.05, 3.63) is 47.8 Å². The summed E-state index contributed by atoms with van der Waals surface area (Å²) in [7, 11) is 0. The zero-order valence-corrected chi connectivity index (χ0v) is 9.52. The van der Waals surface area contributed by atoms with Crippen molar-refractivity contribution in [3.8, 4) is 0 Å². The zero-order valence-electron chi connectivity index (χ0n) is 9.52. The van der Waals surface area contributed by atoms with Gasteiger partial charge in [-0.2, -0.15) is 0 Å². The molecule has 2 aromatic rings. The fourth-order valence-corrected chi connectivity index (χ4v) is 1.46. The Morgan fingerprint density at radius 1 is 1.29 bits per heavy atom. The van der Waals surface area contributed by atoms with Crippen molar-refractivity contribution in [1.82, 2.24) is 15.0 Å². The molecule has 88 valence electrons. The minimum Gasteiger partial charge on any atom is -0.354 e. The Hall–Kier alpha value is -2.04. The van der Waals surface area contributed by atoms with E-state index in [1.165, 1.54) is 6.20 Å². The molecule has 0 radical (unpaired) electrons. The van der Waals surface area contributed by atoms with Crippen molar-refractivity contribution in [2.75, 3.05) is 11.9 Å². The van der Waals surface area contributed by atoms with Gasteiger partial charge < -0.3 is 5.32 Å². The van der Waals surface area contributed by atoms with Crippen molar-refractivity contribution in [2.24, 2.45) is 0 Å². The van der Waals surface area contributed by atoms with E-state index in [1.807, 2.05) is 19.1 Å². The van der Waals surface area contributed by atoms with Crippen LogP contribution in [0.15, 0.2) is 30.7 Å². The molecule has 0 aliphatic heterocycles. The predicted octanol–water partition coefficient (Wildman–Crippen LogP) is 2.03. The molecule has 17 heavy (non-hydrogen) atoms. The third-order valence-corrected chi connectivity index (χ3v) is 2.27. The minimum absolute atomic E-state index is 0.386. The van der Waals surface area contributed by atoms with Crippen LogP contribution in [-0.4, -0.2) is 21.5 Å². The Kier molecular flexibility index (Phi) is 3.59. The van der Waals surface area contributed by atoms with Crippen molar-refractivity contribution in [2.45, 2.75) is 13.3 Å². The maximum Gasteiger partial charge on any atom is 0.223 e. The van der Waals surface area contributed by atoms with Gasteiger partial charge in [-0.05, 0) is 24.6 Å². The summed E-state index contributed by atoms with van der Waals surface area (Å²) >= 11 is 0. The van der Waals surface area contributed by atoms with E-state index < -0.39 is 0 Å². The highest BCUT2D eigenvalue weighted by atomic mass is 19.1. The number of rotatable bonds is 4. The molecular weight excluding hydrogens is 219 g/mol. The van der Waals surface area contributed by atoms with Crippen LogP contribution in [0.4, 0.5) is 10.3 Å². The van der Waals surface area contributed by atoms with Gasteiger partial charge in [0.2, 0.25) is 5.95 Å². The molecule has 4 nitrogen and oxygen atoms in total. The van der Waals surface area contributed by atoms with Crippen LogP contribution in [0.25, 0.3) is 0 Å². The van der Waals surface area contributed by atoms with Gasteiger partial charge in [-0.1, -0.05) is 0 Å². The first-order valence-electron chi connectivity index (χ1n) is 5.43. The average Bonchev–Trinajstić information content (AvgIpc) is 2.35. The Bertz CT molecular complexity index is 487. The number of hydrogen-bond acceptors (Lipinski definition) is 4. The molecule has 0 bridgehead atoms. The lowest BCUT2D eigenvalue weighted by Gasteiger charge is -2.05. The van der Waals surface area contributed by atoms with Gasteiger partial charge in [0.15, 0.2) is 5.82 Å². The maximum absolute atomic E-state index is 13.5. The lowest BCUT2D eigenvalue weighted by atomic mass is 10.1. The molecule has 0 unspecified atom stereocenters. The van der Waals surface area contributed by atoms with Crippen LogP contribution in [0.1, 0.15) is 18.2 Å². The monoisotopic (exact) mass is 232 g/mol. The van der Waals surface area contributed by atoms with Crippen LogP contribution in [0.3, 0.4) is 0 Å². The number of nitrogens with zero attached hydrogens (tertiary/aromatic N) is 3. The van der Waals surface area contributed by atoms with Gasteiger partial charge in [0, 0.05) is 25.4 Å². The number of halogens is 1. The van der Waals surface area contributed by atoms with Crippen LogP contribution in [0, 0.1) is 5.82 Å². The molecular formula is C12H13FN4. The lowest BCUT2D eigenvalue weighted by Crippen LogP contribution is -2.06. The second kappa shape index (κ2) is 5.34. The quantitative estimate of drug-likeness (QED) is 0.876. The van der Waals surface area contributed by atoms with Gasteiger partial charge >= 0.3 is 0 Å². The topological polar surface area (TPSA) is 50.7 Å². The summed E-state index contributed by atoms with van der Waals surface area (Å²) in [5.74, 6) is 0.0708. The molecule has 0 saturated carbocycles. The van der Waals surface area contributed by atoms with E-state index in [-0.39, 0.29) is 5.82 Å². The molecule has 2 heterocycles. The molecule has 5 heteroatoms. The van der Waals surface area contributed by atoms with Crippen LogP contribution in [0.2, 0.25) is 0 Å². The third-order valence-electron chi connectivity index (χ3n) is 2.27. The first-order valence-corrected chi connectivity index (χ1v) is 5.43. The van der Waals surface area contributed by atoms with E-state index in [0.717, 1.165) is 5.56 Å². The van der Waals surface area contributed by atoms with Crippen LogP contribution in [0.5, 0.6) is 0 Å². The van der Waals surface area contributed by atoms with Gasteiger partial charge in [-0.25, -0.2) is 14.4 Å². The zero-order chi connectivity index (χ0) is 12.1. The highest BCUT2D eigenvalue weighted by Gasteiger charge is 2.07. The highest BCUT2D eigenvalue weighted by molar-refractivity contribution is 5.28. The first kappa shape index (κ1) is 11.4. The molecule has 0 atom stereocenters. The SMILES string of the molecule is CCNc1ncc(F)c(Cc2ccncc2)n1. The van der Waals surface area contributed by atoms with E-state index in [2.05, 4.69) is 20.3 Å². The summed E-state index contributed by atoms with van der Waals surface area (Å²) in [6, 6.07) is 3.68. The van der Waals surface area contributed by atoms with E-state index in [0.29, 0.717) is 24.6 Å². The molecule has 0 fully saturated rings. The first-order chi connectivity index (χ1) is 8.29. The largest absolute Gasteiger partial charge is 0.354 e. The molecule has 0 saturated heterocycles. The predicted molar refractivity (Wildman–Crippen MR) is 63.2 cm³/mol. The van der Waals surface area contributed by atoms with Crippen molar-refractivity contribution in [1.29, 1.82) is 0 Å². The average molecular weight is 232 g/mol. The summed E-state index contributed by atoms with van der Waals surface area (Å²) < 4.78 is 13.5. The maximum atomic E-state index is 13.5. The minimum atomic E-state index is -0.386. The fourth-order valence-electron chi connectivity index (χ4n) is 1.46. The number of anilines is 1. The summed E-state index contributed by atoms with van der Waals surface area (Å²) in [5.41, 5.74) is 1.36. The van der Waals surface area contributed by atoms with Crippen LogP contribution in [-0.2, 0) is 6.42 Å². The van der Waals surface area contributed by atoms with E-state index in [9.17, 15) is 4.39 Å². The van der Waals surface area contributed by atoms with E-state index in [4.69, 9.17) is 0 Å². The van der Waals surface area contributed by atoms with Crippen molar-refractivity contribution >= 4 is 5.95 Å². The van der Waals surface area contributed by atoms with E-state index >= 15 is 0 Å². The molecule has 0 spiro atoms. The number of hydrogen-bond donors (Lipinski definition) is 1. The Morgan fingerprint density at radius 2 is 2.06 bits per heavy atom. The smallest absolute Gasteiger partial charge is 0.223 e. The summed E-state index contributed by atoms with van der Waals surface area (Å²) in [4.78, 5) is 11.9. The summed E-state index contributed by atoms with van der Waals surface area (Å²) in [6.45, 7) is 2.65. The van der Waals surface area contributed by atoms with Gasteiger partial charge in [0.1, 0.15) is 0 Å². The highest BCUT2D eigenvalue weighted by Crippen LogP contribution is 2.11. The van der Waals surface area contributed by atoms with Crippen molar-refractivity contribution < 1.29 is 4.39 Å². The third kappa shape index (κ3) is 2.96. The second-order valence-electron chi connectivity index (χ2n) is 3.55. The Balaban J connectivity index is 2.22. The summed E-state index contributed by atoms with van der Waals surface area (Å²) in [5, 5.41) is 2.96. The lowest BCUT2D eigenvalue weighted by molar-refractivity contribution is 0.596. The van der Waals surface area contributed by atoms with Gasteiger partial charge in [0.05, 0.1) is 11.9 Å². The normalized spacial score (nSPS) is 10.2. The molecule has 0 aliphatic rings. The molecule has 0 amide bonds. The molecule has 0 aliphatic carbocycles. The second-order valence-corrected chi connectivity index (χ2v) is 3.55. The van der Waals surface area contributed by atoms with Crippen LogP contribution >= 0.6 is 0 Å². The molecule has 2 rings (SSSR count). The standard InChI is InChI=1S/C12H13FN4/c1-2-15-12-16-8-10(13)11(17-12)7-9-3-5-14-6-4-9/h3-6,8H,2,7H2,1H3,(H,15,16,17).